The highest BCUT2D eigenvalue weighted by molar-refractivity contribution is 6.08. The Kier molecular flexibility index (Phi) is 7.48. The summed E-state index contributed by atoms with van der Waals surface area (Å²) in [5.41, 5.74) is 2.39. The quantitative estimate of drug-likeness (QED) is 0.669. The van der Waals surface area contributed by atoms with E-state index in [4.69, 9.17) is 9.47 Å². The highest BCUT2D eigenvalue weighted by Gasteiger charge is 2.18. The van der Waals surface area contributed by atoms with Gasteiger partial charge in [-0.15, -0.1) is 0 Å². The van der Waals surface area contributed by atoms with Gasteiger partial charge in [0.25, 0.3) is 5.91 Å². The van der Waals surface area contributed by atoms with Crippen LogP contribution in [0.4, 0.5) is 5.69 Å². The van der Waals surface area contributed by atoms with Gasteiger partial charge in [-0.2, -0.15) is 0 Å². The van der Waals surface area contributed by atoms with Crippen molar-refractivity contribution in [2.45, 2.75) is 32.7 Å². The van der Waals surface area contributed by atoms with Crippen molar-refractivity contribution in [1.82, 2.24) is 5.32 Å². The Morgan fingerprint density at radius 3 is 2.15 bits per heavy atom. The molecule has 1 amide bonds. The summed E-state index contributed by atoms with van der Waals surface area (Å²) in [6, 6.07) is 13.7. The maximum atomic E-state index is 12.7. The molecule has 0 heterocycles. The minimum Gasteiger partial charge on any atom is -0.496 e. The molecule has 0 radical (unpaired) electrons. The Morgan fingerprint density at radius 1 is 1.00 bits per heavy atom. The summed E-state index contributed by atoms with van der Waals surface area (Å²) in [6.45, 7) is 5.30. The van der Waals surface area contributed by atoms with Crippen molar-refractivity contribution in [3.8, 4) is 11.5 Å². The van der Waals surface area contributed by atoms with Crippen LogP contribution in [0.2, 0.25) is 0 Å². The molecule has 0 saturated heterocycles. The van der Waals surface area contributed by atoms with E-state index in [2.05, 4.69) is 24.5 Å². The molecule has 0 saturated carbocycles. The van der Waals surface area contributed by atoms with Crippen LogP contribution in [-0.2, 0) is 6.42 Å². The molecule has 0 fully saturated rings. The van der Waals surface area contributed by atoms with Gasteiger partial charge in [-0.25, -0.2) is 0 Å². The number of anilines is 1. The second-order valence-electron chi connectivity index (χ2n) is 6.40. The molecule has 0 aromatic heterocycles. The number of amides is 1. The number of hydrogen-bond acceptors (Lipinski definition) is 4. The molecule has 0 aliphatic rings. The molecule has 0 spiro atoms. The molecule has 26 heavy (non-hydrogen) atoms. The smallest absolute Gasteiger partial charge is 0.263 e. The number of hydrogen-bond donors (Lipinski definition) is 2. The van der Waals surface area contributed by atoms with Crippen LogP contribution in [0.1, 0.15) is 36.2 Å². The van der Waals surface area contributed by atoms with E-state index in [9.17, 15) is 4.79 Å². The molecular formula is C21H28N2O3. The minimum absolute atomic E-state index is 0.256. The Morgan fingerprint density at radius 2 is 1.62 bits per heavy atom. The standard InChI is InChI=1S/C21H28N2O3/c1-15(2)22-14-6-7-16-10-12-17(13-11-16)23-21(24)20-18(25-3)8-5-9-19(20)26-4/h5,8-13,15,22H,6-7,14H2,1-4H3,(H,23,24). The molecule has 0 aliphatic heterocycles. The monoisotopic (exact) mass is 356 g/mol. The van der Waals surface area contributed by atoms with E-state index in [1.807, 2.05) is 24.3 Å². The molecule has 2 rings (SSSR count). The molecule has 140 valence electrons. The lowest BCUT2D eigenvalue weighted by atomic mass is 10.1. The van der Waals surface area contributed by atoms with E-state index in [0.29, 0.717) is 23.1 Å². The Labute approximate surface area is 155 Å². The second kappa shape index (κ2) is 9.82. The van der Waals surface area contributed by atoms with Crippen molar-refractivity contribution >= 4 is 11.6 Å². The minimum atomic E-state index is -0.256. The first-order chi connectivity index (χ1) is 12.5. The lowest BCUT2D eigenvalue weighted by Gasteiger charge is -2.13. The van der Waals surface area contributed by atoms with Crippen LogP contribution in [0.15, 0.2) is 42.5 Å². The average Bonchev–Trinajstić information content (AvgIpc) is 2.65. The fourth-order valence-electron chi connectivity index (χ4n) is 2.71. The van der Waals surface area contributed by atoms with Crippen LogP contribution in [0.25, 0.3) is 0 Å². The number of aryl methyl sites for hydroxylation is 1. The highest BCUT2D eigenvalue weighted by atomic mass is 16.5. The molecule has 0 bridgehead atoms. The van der Waals surface area contributed by atoms with Gasteiger partial charge >= 0.3 is 0 Å². The van der Waals surface area contributed by atoms with E-state index in [1.54, 1.807) is 18.2 Å². The topological polar surface area (TPSA) is 59.6 Å². The lowest BCUT2D eigenvalue weighted by molar-refractivity contribution is 0.102. The Balaban J connectivity index is 2.00. The van der Waals surface area contributed by atoms with Gasteiger partial charge in [-0.1, -0.05) is 32.0 Å². The van der Waals surface area contributed by atoms with Crippen LogP contribution in [0, 0.1) is 0 Å². The number of benzene rings is 2. The summed E-state index contributed by atoms with van der Waals surface area (Å²) in [4.78, 5) is 12.7. The van der Waals surface area contributed by atoms with Crippen molar-refractivity contribution in [1.29, 1.82) is 0 Å². The largest absolute Gasteiger partial charge is 0.496 e. The number of rotatable bonds is 9. The third-order valence-corrected chi connectivity index (χ3v) is 4.06. The molecule has 2 N–H and O–H groups in total. The number of ether oxygens (including phenoxy) is 2. The number of carbonyl (C=O) groups is 1. The van der Waals surface area contributed by atoms with Gasteiger partial charge in [0.05, 0.1) is 14.2 Å². The van der Waals surface area contributed by atoms with Crippen LogP contribution in [0.5, 0.6) is 11.5 Å². The molecule has 5 heteroatoms. The van der Waals surface area contributed by atoms with E-state index < -0.39 is 0 Å². The average molecular weight is 356 g/mol. The molecule has 0 aliphatic carbocycles. The predicted molar refractivity (Wildman–Crippen MR) is 105 cm³/mol. The summed E-state index contributed by atoms with van der Waals surface area (Å²) < 4.78 is 10.6. The third-order valence-electron chi connectivity index (χ3n) is 4.06. The van der Waals surface area contributed by atoms with Crippen molar-refractivity contribution < 1.29 is 14.3 Å². The summed E-state index contributed by atoms with van der Waals surface area (Å²) in [7, 11) is 3.07. The van der Waals surface area contributed by atoms with Gasteiger partial charge in [-0.05, 0) is 49.2 Å². The van der Waals surface area contributed by atoms with E-state index in [1.165, 1.54) is 19.8 Å². The van der Waals surface area contributed by atoms with E-state index in [-0.39, 0.29) is 5.91 Å². The van der Waals surface area contributed by atoms with Crippen LogP contribution in [-0.4, -0.2) is 32.7 Å². The Bertz CT molecular complexity index is 689. The van der Waals surface area contributed by atoms with Gasteiger partial charge in [0.1, 0.15) is 17.1 Å². The first-order valence-electron chi connectivity index (χ1n) is 8.89. The molecule has 0 unspecified atom stereocenters. The summed E-state index contributed by atoms with van der Waals surface area (Å²) in [6.07, 6.45) is 2.09. The van der Waals surface area contributed by atoms with Gasteiger partial charge in [0.15, 0.2) is 0 Å². The summed E-state index contributed by atoms with van der Waals surface area (Å²) in [5.74, 6) is 0.709. The summed E-state index contributed by atoms with van der Waals surface area (Å²) >= 11 is 0. The fraction of sp³-hybridized carbons (Fsp3) is 0.381. The SMILES string of the molecule is COc1cccc(OC)c1C(=O)Nc1ccc(CCCNC(C)C)cc1. The van der Waals surface area contributed by atoms with Gasteiger partial charge in [-0.3, -0.25) is 4.79 Å². The van der Waals surface area contributed by atoms with Crippen LogP contribution in [0.3, 0.4) is 0 Å². The van der Waals surface area contributed by atoms with Gasteiger partial charge < -0.3 is 20.1 Å². The molecule has 2 aromatic carbocycles. The zero-order chi connectivity index (χ0) is 18.9. The number of nitrogens with one attached hydrogen (secondary N) is 2. The van der Waals surface area contributed by atoms with Gasteiger partial charge in [0.2, 0.25) is 0 Å². The van der Waals surface area contributed by atoms with Crippen molar-refractivity contribution in [2.24, 2.45) is 0 Å². The van der Waals surface area contributed by atoms with Gasteiger partial charge in [0, 0.05) is 11.7 Å². The second-order valence-corrected chi connectivity index (χ2v) is 6.40. The van der Waals surface area contributed by atoms with Crippen molar-refractivity contribution in [2.75, 3.05) is 26.1 Å². The predicted octanol–water partition coefficient (Wildman–Crippen LogP) is 3.89. The molecular weight excluding hydrogens is 328 g/mol. The first-order valence-corrected chi connectivity index (χ1v) is 8.89. The zero-order valence-corrected chi connectivity index (χ0v) is 16.0. The van der Waals surface area contributed by atoms with E-state index >= 15 is 0 Å². The van der Waals surface area contributed by atoms with Crippen LogP contribution >= 0.6 is 0 Å². The lowest BCUT2D eigenvalue weighted by Crippen LogP contribution is -2.23. The molecule has 0 atom stereocenters. The maximum Gasteiger partial charge on any atom is 0.263 e. The maximum absolute atomic E-state index is 12.7. The fourth-order valence-corrected chi connectivity index (χ4v) is 2.71. The van der Waals surface area contributed by atoms with Crippen molar-refractivity contribution in [3.05, 3.63) is 53.6 Å². The molecule has 5 nitrogen and oxygen atoms in total. The molecule has 2 aromatic rings. The van der Waals surface area contributed by atoms with Crippen LogP contribution < -0.4 is 20.1 Å². The third kappa shape index (κ3) is 5.49. The zero-order valence-electron chi connectivity index (χ0n) is 16.0. The summed E-state index contributed by atoms with van der Waals surface area (Å²) in [5, 5.41) is 6.32. The first kappa shape index (κ1) is 19.8. The van der Waals surface area contributed by atoms with E-state index in [0.717, 1.165) is 25.1 Å². The Hall–Kier alpha value is -2.53. The normalized spacial score (nSPS) is 10.7. The number of carbonyl (C=O) groups excluding carboxylic acids is 1. The number of methoxy groups -OCH3 is 2. The highest BCUT2D eigenvalue weighted by Crippen LogP contribution is 2.29. The van der Waals surface area contributed by atoms with Crippen molar-refractivity contribution in [3.63, 3.8) is 0 Å².